The number of hydrogen-bond donors (Lipinski definition) is 1. The molecule has 0 unspecified atom stereocenters. The Hall–Kier alpha value is -1.47. The third-order valence-electron chi connectivity index (χ3n) is 4.97. The molecule has 0 aliphatic carbocycles. The van der Waals surface area contributed by atoms with E-state index in [1.54, 1.807) is 10.9 Å². The molecule has 0 atom stereocenters. The molecule has 1 aliphatic rings. The molecule has 1 amide bonds. The summed E-state index contributed by atoms with van der Waals surface area (Å²) in [6.07, 6.45) is 4.28. The second-order valence-electron chi connectivity index (χ2n) is 7.32. The van der Waals surface area contributed by atoms with Crippen molar-refractivity contribution in [2.75, 3.05) is 39.3 Å². The third-order valence-corrected chi connectivity index (χ3v) is 4.97. The van der Waals surface area contributed by atoms with Gasteiger partial charge in [-0.25, -0.2) is 0 Å². The molecule has 1 fully saturated rings. The molecule has 2 rings (SSSR count). The molecule has 0 saturated carbocycles. The van der Waals surface area contributed by atoms with Gasteiger partial charge in [-0.1, -0.05) is 31.9 Å². The zero-order chi connectivity index (χ0) is 18.2. The quantitative estimate of drug-likeness (QED) is 0.730. The maximum absolute atomic E-state index is 11.9. The van der Waals surface area contributed by atoms with E-state index in [1.165, 1.54) is 19.4 Å². The van der Waals surface area contributed by atoms with Crippen molar-refractivity contribution in [1.29, 1.82) is 0 Å². The van der Waals surface area contributed by atoms with E-state index in [4.69, 9.17) is 0 Å². The zero-order valence-electron chi connectivity index (χ0n) is 16.2. The molecule has 142 valence electrons. The lowest BCUT2D eigenvalue weighted by Crippen LogP contribution is -2.48. The van der Waals surface area contributed by atoms with Crippen LogP contribution in [0.4, 0.5) is 0 Å². The molecule has 2 heterocycles. The fourth-order valence-corrected chi connectivity index (χ4v) is 3.20. The number of amides is 1. The summed E-state index contributed by atoms with van der Waals surface area (Å²) in [5, 5.41) is 10.9. The van der Waals surface area contributed by atoms with Gasteiger partial charge in [0, 0.05) is 45.3 Å². The van der Waals surface area contributed by atoms with Gasteiger partial charge in [0.05, 0.1) is 12.7 Å². The van der Waals surface area contributed by atoms with Crippen molar-refractivity contribution in [2.24, 2.45) is 5.92 Å². The van der Waals surface area contributed by atoms with Crippen LogP contribution < -0.4 is 5.32 Å². The van der Waals surface area contributed by atoms with E-state index < -0.39 is 0 Å². The van der Waals surface area contributed by atoms with Crippen molar-refractivity contribution in [3.63, 3.8) is 0 Å². The summed E-state index contributed by atoms with van der Waals surface area (Å²) in [5.74, 6) is 0.674. The van der Waals surface area contributed by atoms with E-state index in [-0.39, 0.29) is 11.9 Å². The van der Waals surface area contributed by atoms with Crippen LogP contribution in [0.5, 0.6) is 0 Å². The zero-order valence-corrected chi connectivity index (χ0v) is 16.2. The summed E-state index contributed by atoms with van der Waals surface area (Å²) in [6.45, 7) is 15.9. The summed E-state index contributed by atoms with van der Waals surface area (Å²) in [4.78, 5) is 17.0. The van der Waals surface area contributed by atoms with Crippen LogP contribution in [0.1, 0.15) is 51.0 Å². The average Bonchev–Trinajstić information content (AvgIpc) is 3.07. The van der Waals surface area contributed by atoms with E-state index in [0.717, 1.165) is 45.2 Å². The van der Waals surface area contributed by atoms with E-state index in [0.29, 0.717) is 5.69 Å². The van der Waals surface area contributed by atoms with Crippen molar-refractivity contribution in [1.82, 2.24) is 30.1 Å². The smallest absolute Gasteiger partial charge is 0.273 e. The van der Waals surface area contributed by atoms with Gasteiger partial charge >= 0.3 is 0 Å². The molecular formula is C18H34N6O. The van der Waals surface area contributed by atoms with Gasteiger partial charge in [-0.15, -0.1) is 5.10 Å². The van der Waals surface area contributed by atoms with Crippen LogP contribution in [0.3, 0.4) is 0 Å². The van der Waals surface area contributed by atoms with E-state index in [9.17, 15) is 4.79 Å². The standard InChI is InChI=1S/C18H34N6O/c1-5-16(6-2)13-23-9-7-22(8-10-23)11-12-24-14-17(20-21-24)18(25)19-15(3)4/h14-16H,5-13H2,1-4H3,(H,19,25). The Morgan fingerprint density at radius 1 is 1.12 bits per heavy atom. The second kappa shape index (κ2) is 9.87. The van der Waals surface area contributed by atoms with Crippen molar-refractivity contribution < 1.29 is 4.79 Å². The lowest BCUT2D eigenvalue weighted by molar-refractivity contribution is 0.0938. The Kier molecular flexibility index (Phi) is 7.84. The highest BCUT2D eigenvalue weighted by Crippen LogP contribution is 2.12. The van der Waals surface area contributed by atoms with Crippen LogP contribution in [0.25, 0.3) is 0 Å². The minimum absolute atomic E-state index is 0.106. The Bertz CT molecular complexity index is 517. The highest BCUT2D eigenvalue weighted by atomic mass is 16.2. The largest absolute Gasteiger partial charge is 0.348 e. The maximum atomic E-state index is 11.9. The van der Waals surface area contributed by atoms with E-state index >= 15 is 0 Å². The van der Waals surface area contributed by atoms with Crippen molar-refractivity contribution in [2.45, 2.75) is 53.1 Å². The molecule has 1 aromatic rings. The minimum atomic E-state index is -0.156. The van der Waals surface area contributed by atoms with Gasteiger partial charge in [-0.05, 0) is 19.8 Å². The summed E-state index contributed by atoms with van der Waals surface area (Å²) >= 11 is 0. The first-order valence-electron chi connectivity index (χ1n) is 9.67. The fraction of sp³-hybridized carbons (Fsp3) is 0.833. The van der Waals surface area contributed by atoms with Crippen LogP contribution in [-0.4, -0.2) is 76.0 Å². The van der Waals surface area contributed by atoms with Gasteiger partial charge in [0.1, 0.15) is 0 Å². The summed E-state index contributed by atoms with van der Waals surface area (Å²) < 4.78 is 1.77. The molecular weight excluding hydrogens is 316 g/mol. The van der Waals surface area contributed by atoms with Crippen molar-refractivity contribution in [3.05, 3.63) is 11.9 Å². The Morgan fingerprint density at radius 2 is 1.76 bits per heavy atom. The SMILES string of the molecule is CCC(CC)CN1CCN(CCn2cc(C(=O)NC(C)C)nn2)CC1. The van der Waals surface area contributed by atoms with Gasteiger partial charge in [-0.3, -0.25) is 14.4 Å². The van der Waals surface area contributed by atoms with Crippen molar-refractivity contribution >= 4 is 5.91 Å². The molecule has 7 heteroatoms. The molecule has 1 saturated heterocycles. The number of hydrogen-bond acceptors (Lipinski definition) is 5. The third kappa shape index (κ3) is 6.40. The lowest BCUT2D eigenvalue weighted by atomic mass is 10.0. The minimum Gasteiger partial charge on any atom is -0.348 e. The topological polar surface area (TPSA) is 66.3 Å². The highest BCUT2D eigenvalue weighted by molar-refractivity contribution is 5.91. The Labute approximate surface area is 151 Å². The number of carbonyl (C=O) groups is 1. The van der Waals surface area contributed by atoms with E-state index in [1.807, 2.05) is 13.8 Å². The predicted molar refractivity (Wildman–Crippen MR) is 99.6 cm³/mol. The maximum Gasteiger partial charge on any atom is 0.273 e. The van der Waals surface area contributed by atoms with Gasteiger partial charge < -0.3 is 10.2 Å². The predicted octanol–water partition coefficient (Wildman–Crippen LogP) is 1.47. The summed E-state index contributed by atoms with van der Waals surface area (Å²) in [5.41, 5.74) is 0.392. The molecule has 7 nitrogen and oxygen atoms in total. The number of aromatic nitrogens is 3. The molecule has 0 spiro atoms. The van der Waals surface area contributed by atoms with Gasteiger partial charge in [0.15, 0.2) is 5.69 Å². The molecule has 0 bridgehead atoms. The molecule has 25 heavy (non-hydrogen) atoms. The Balaban J connectivity index is 1.71. The first kappa shape index (κ1) is 19.8. The number of piperazine rings is 1. The van der Waals surface area contributed by atoms with Crippen LogP contribution in [0.15, 0.2) is 6.20 Å². The number of rotatable bonds is 9. The molecule has 1 N–H and O–H groups in total. The average molecular weight is 351 g/mol. The normalized spacial score (nSPS) is 16.7. The fourth-order valence-electron chi connectivity index (χ4n) is 3.20. The first-order valence-corrected chi connectivity index (χ1v) is 9.67. The van der Waals surface area contributed by atoms with Crippen LogP contribution in [0, 0.1) is 5.92 Å². The van der Waals surface area contributed by atoms with Gasteiger partial charge in [-0.2, -0.15) is 0 Å². The molecule has 1 aromatic heterocycles. The number of carbonyl (C=O) groups excluding carboxylic acids is 1. The van der Waals surface area contributed by atoms with Gasteiger partial charge in [0.25, 0.3) is 5.91 Å². The highest BCUT2D eigenvalue weighted by Gasteiger charge is 2.19. The van der Waals surface area contributed by atoms with Crippen LogP contribution in [0.2, 0.25) is 0 Å². The number of nitrogens with one attached hydrogen (secondary N) is 1. The van der Waals surface area contributed by atoms with Gasteiger partial charge in [0.2, 0.25) is 0 Å². The second-order valence-corrected chi connectivity index (χ2v) is 7.32. The summed E-state index contributed by atoms with van der Waals surface area (Å²) in [6, 6.07) is 0.106. The molecule has 0 radical (unpaired) electrons. The van der Waals surface area contributed by atoms with E-state index in [2.05, 4.69) is 39.3 Å². The van der Waals surface area contributed by atoms with Crippen LogP contribution in [-0.2, 0) is 6.54 Å². The van der Waals surface area contributed by atoms with Crippen LogP contribution >= 0.6 is 0 Å². The summed E-state index contributed by atoms with van der Waals surface area (Å²) in [7, 11) is 0. The first-order chi connectivity index (χ1) is 12.0. The Morgan fingerprint density at radius 3 is 2.36 bits per heavy atom. The molecule has 1 aliphatic heterocycles. The monoisotopic (exact) mass is 350 g/mol. The lowest BCUT2D eigenvalue weighted by Gasteiger charge is -2.36. The number of nitrogens with zero attached hydrogens (tertiary/aromatic N) is 5. The van der Waals surface area contributed by atoms with Crippen molar-refractivity contribution in [3.8, 4) is 0 Å². The molecule has 0 aromatic carbocycles.